The third-order valence-electron chi connectivity index (χ3n) is 4.82. The van der Waals surface area contributed by atoms with Gasteiger partial charge in [0, 0.05) is 22.6 Å². The molecule has 0 radical (unpaired) electrons. The van der Waals surface area contributed by atoms with Crippen LogP contribution in [-0.2, 0) is 0 Å². The molecule has 1 atom stereocenters. The number of phenols is 1. The van der Waals surface area contributed by atoms with Crippen molar-refractivity contribution in [3.05, 3.63) is 48.0 Å². The average Bonchev–Trinajstić information content (AvgIpc) is 2.93. The average molecular weight is 425 g/mol. The molecule has 0 saturated carbocycles. The Hall–Kier alpha value is -3.00. The third-order valence-corrected chi connectivity index (χ3v) is 5.74. The van der Waals surface area contributed by atoms with E-state index in [1.165, 1.54) is 20.0 Å². The summed E-state index contributed by atoms with van der Waals surface area (Å²) in [5.74, 6) is 1.83. The fourth-order valence-electron chi connectivity index (χ4n) is 3.23. The number of nitrogens with zero attached hydrogens (tertiary/aromatic N) is 3. The highest BCUT2D eigenvalue weighted by Crippen LogP contribution is 2.40. The highest BCUT2D eigenvalue weighted by molar-refractivity contribution is 7.99. The Kier molecular flexibility index (Phi) is 6.23. The van der Waals surface area contributed by atoms with Gasteiger partial charge in [0.2, 0.25) is 11.0 Å². The van der Waals surface area contributed by atoms with Crippen molar-refractivity contribution in [2.45, 2.75) is 37.6 Å². The predicted molar refractivity (Wildman–Crippen MR) is 117 cm³/mol. The number of anilines is 1. The van der Waals surface area contributed by atoms with Crippen LogP contribution in [0.3, 0.4) is 0 Å². The van der Waals surface area contributed by atoms with Gasteiger partial charge in [-0.1, -0.05) is 49.7 Å². The minimum atomic E-state index is -0.531. The number of methoxy groups -OCH3 is 1. The minimum absolute atomic E-state index is 0.0745. The van der Waals surface area contributed by atoms with Gasteiger partial charge in [0.15, 0.2) is 23.4 Å². The first kappa shape index (κ1) is 20.3. The Labute approximate surface area is 179 Å². The van der Waals surface area contributed by atoms with Gasteiger partial charge in [0.05, 0.1) is 7.11 Å². The largest absolute Gasteiger partial charge is 0.504 e. The molecule has 0 fully saturated rings. The smallest absolute Gasteiger partial charge is 0.247 e. The molecule has 0 saturated heterocycles. The number of nitrogens with one attached hydrogen (secondary N) is 1. The maximum absolute atomic E-state index is 9.94. The number of benzene rings is 2. The molecular formula is C22H24N4O3S. The number of fused-ring (bicyclic) bond motifs is 3. The van der Waals surface area contributed by atoms with Crippen LogP contribution in [0.25, 0.3) is 11.3 Å². The van der Waals surface area contributed by atoms with E-state index in [4.69, 9.17) is 9.47 Å². The number of aromatic hydroxyl groups is 1. The van der Waals surface area contributed by atoms with Crippen molar-refractivity contribution in [2.24, 2.45) is 0 Å². The predicted octanol–water partition coefficient (Wildman–Crippen LogP) is 5.04. The van der Waals surface area contributed by atoms with Crippen LogP contribution >= 0.6 is 11.8 Å². The number of thioether (sulfide) groups is 1. The molecule has 30 heavy (non-hydrogen) atoms. The van der Waals surface area contributed by atoms with Crippen LogP contribution in [0.4, 0.5) is 5.69 Å². The second kappa shape index (κ2) is 9.21. The van der Waals surface area contributed by atoms with E-state index in [9.17, 15) is 5.11 Å². The van der Waals surface area contributed by atoms with E-state index < -0.39 is 6.23 Å². The van der Waals surface area contributed by atoms with Crippen LogP contribution in [0, 0.1) is 0 Å². The number of phenolic OH excluding ortho intramolecular Hbond substituents is 1. The zero-order valence-electron chi connectivity index (χ0n) is 17.0. The number of rotatable bonds is 7. The van der Waals surface area contributed by atoms with Gasteiger partial charge in [-0.05, 0) is 30.7 Å². The molecule has 156 valence electrons. The number of aromatic nitrogens is 3. The lowest BCUT2D eigenvalue weighted by Gasteiger charge is -2.20. The Bertz CT molecular complexity index is 1030. The first-order chi connectivity index (χ1) is 14.7. The summed E-state index contributed by atoms with van der Waals surface area (Å²) in [6.45, 7) is 2.18. The second-order valence-corrected chi connectivity index (χ2v) is 7.98. The first-order valence-electron chi connectivity index (χ1n) is 9.96. The molecule has 2 heterocycles. The van der Waals surface area contributed by atoms with Gasteiger partial charge in [-0.25, -0.2) is 0 Å². The molecule has 1 aliphatic heterocycles. The summed E-state index contributed by atoms with van der Waals surface area (Å²) in [4.78, 5) is 4.65. The van der Waals surface area contributed by atoms with Crippen LogP contribution in [0.2, 0.25) is 0 Å². The van der Waals surface area contributed by atoms with Gasteiger partial charge in [-0.15, -0.1) is 10.2 Å². The number of hydrogen-bond acceptors (Lipinski definition) is 8. The topological polar surface area (TPSA) is 89.4 Å². The fourth-order valence-corrected chi connectivity index (χ4v) is 4.01. The molecule has 1 aliphatic rings. The summed E-state index contributed by atoms with van der Waals surface area (Å²) in [7, 11) is 1.52. The van der Waals surface area contributed by atoms with Crippen molar-refractivity contribution in [2.75, 3.05) is 18.2 Å². The van der Waals surface area contributed by atoms with Crippen molar-refractivity contribution in [3.63, 3.8) is 0 Å². The normalized spacial score (nSPS) is 14.7. The maximum atomic E-state index is 9.94. The van der Waals surface area contributed by atoms with Crippen LogP contribution in [0.15, 0.2) is 47.6 Å². The summed E-state index contributed by atoms with van der Waals surface area (Å²) in [5.41, 5.74) is 3.14. The Balaban J connectivity index is 1.69. The van der Waals surface area contributed by atoms with Gasteiger partial charge in [0.1, 0.15) is 0 Å². The molecule has 0 spiro atoms. The summed E-state index contributed by atoms with van der Waals surface area (Å²) in [5, 5.41) is 22.7. The summed E-state index contributed by atoms with van der Waals surface area (Å²) < 4.78 is 11.5. The molecule has 2 aromatic carbocycles. The Morgan fingerprint density at radius 1 is 1.17 bits per heavy atom. The second-order valence-electron chi connectivity index (χ2n) is 6.92. The number of ether oxygens (including phenoxy) is 2. The van der Waals surface area contributed by atoms with E-state index >= 15 is 0 Å². The molecule has 0 bridgehead atoms. The van der Waals surface area contributed by atoms with Crippen molar-refractivity contribution in [3.8, 4) is 28.6 Å². The maximum Gasteiger partial charge on any atom is 0.247 e. The Morgan fingerprint density at radius 3 is 2.87 bits per heavy atom. The molecule has 0 aliphatic carbocycles. The molecule has 0 unspecified atom stereocenters. The number of para-hydroxylation sites is 1. The van der Waals surface area contributed by atoms with E-state index in [1.54, 1.807) is 30.0 Å². The van der Waals surface area contributed by atoms with Crippen molar-refractivity contribution in [1.29, 1.82) is 0 Å². The van der Waals surface area contributed by atoms with Gasteiger partial charge >= 0.3 is 0 Å². The summed E-state index contributed by atoms with van der Waals surface area (Å²) in [6, 6.07) is 13.0. The quantitative estimate of drug-likeness (QED) is 0.403. The highest BCUT2D eigenvalue weighted by atomic mass is 32.2. The lowest BCUT2D eigenvalue weighted by atomic mass is 10.1. The molecule has 1 aromatic heterocycles. The third kappa shape index (κ3) is 4.28. The van der Waals surface area contributed by atoms with Gasteiger partial charge in [-0.3, -0.25) is 0 Å². The molecular weight excluding hydrogens is 400 g/mol. The van der Waals surface area contributed by atoms with E-state index in [0.717, 1.165) is 29.0 Å². The summed E-state index contributed by atoms with van der Waals surface area (Å²) >= 11 is 1.59. The van der Waals surface area contributed by atoms with Crippen LogP contribution in [-0.4, -0.2) is 33.2 Å². The minimum Gasteiger partial charge on any atom is -0.504 e. The van der Waals surface area contributed by atoms with Crippen molar-refractivity contribution >= 4 is 17.4 Å². The standard InChI is InChI=1S/C22H24N4O3S/c1-3-4-7-12-30-22-24-21-19(25-26-22)15-8-5-6-9-16(15)23-20(29-21)14-10-11-17(27)18(13-14)28-2/h5-6,8-11,13,20,23,27H,3-4,7,12H2,1-2H3/t20-/m0/s1. The van der Waals surface area contributed by atoms with Gasteiger partial charge in [0.25, 0.3) is 0 Å². The van der Waals surface area contributed by atoms with Gasteiger partial charge < -0.3 is 19.9 Å². The monoisotopic (exact) mass is 424 g/mol. The first-order valence-corrected chi connectivity index (χ1v) is 10.9. The molecule has 7 nitrogen and oxygen atoms in total. The van der Waals surface area contributed by atoms with Crippen LogP contribution < -0.4 is 14.8 Å². The molecule has 4 rings (SSSR count). The van der Waals surface area contributed by atoms with Crippen LogP contribution in [0.5, 0.6) is 17.4 Å². The zero-order valence-corrected chi connectivity index (χ0v) is 17.8. The van der Waals surface area contributed by atoms with E-state index in [0.29, 0.717) is 22.5 Å². The number of hydrogen-bond donors (Lipinski definition) is 2. The SMILES string of the molecule is CCCCCSc1nnc2c(n1)O[C@@H](c1ccc(O)c(OC)c1)Nc1ccccc1-2. The Morgan fingerprint density at radius 2 is 2.03 bits per heavy atom. The van der Waals surface area contributed by atoms with E-state index in [2.05, 4.69) is 27.4 Å². The van der Waals surface area contributed by atoms with E-state index in [-0.39, 0.29) is 5.75 Å². The number of unbranched alkanes of at least 4 members (excludes halogenated alkanes) is 2. The van der Waals surface area contributed by atoms with Gasteiger partial charge in [-0.2, -0.15) is 4.98 Å². The molecule has 8 heteroatoms. The highest BCUT2D eigenvalue weighted by Gasteiger charge is 2.26. The lowest BCUT2D eigenvalue weighted by Crippen LogP contribution is -2.17. The van der Waals surface area contributed by atoms with Crippen LogP contribution in [0.1, 0.15) is 38.0 Å². The van der Waals surface area contributed by atoms with Crippen molar-refractivity contribution in [1.82, 2.24) is 15.2 Å². The van der Waals surface area contributed by atoms with E-state index in [1.807, 2.05) is 24.3 Å². The fraction of sp³-hybridized carbons (Fsp3) is 0.318. The van der Waals surface area contributed by atoms with Crippen molar-refractivity contribution < 1.29 is 14.6 Å². The zero-order chi connectivity index (χ0) is 20.9. The molecule has 2 N–H and O–H groups in total. The molecule has 0 amide bonds. The summed E-state index contributed by atoms with van der Waals surface area (Å²) in [6.07, 6.45) is 2.94. The lowest BCUT2D eigenvalue weighted by molar-refractivity contribution is 0.224. The molecule has 3 aromatic rings.